The molecule has 2 aliphatic rings. The van der Waals surface area contributed by atoms with Crippen molar-refractivity contribution in [2.24, 2.45) is 7.05 Å². The molecule has 0 amide bonds. The molecule has 0 saturated carbocycles. The molecule has 2 saturated heterocycles. The summed E-state index contributed by atoms with van der Waals surface area (Å²) in [5, 5.41) is 1.36. The van der Waals surface area contributed by atoms with Crippen molar-refractivity contribution in [3.63, 3.8) is 0 Å². The van der Waals surface area contributed by atoms with Gasteiger partial charge in [-0.3, -0.25) is 9.80 Å². The molecule has 4 nitrogen and oxygen atoms in total. The van der Waals surface area contributed by atoms with Gasteiger partial charge >= 0.3 is 0 Å². The van der Waals surface area contributed by atoms with Crippen molar-refractivity contribution in [1.29, 1.82) is 0 Å². The van der Waals surface area contributed by atoms with E-state index in [9.17, 15) is 0 Å². The van der Waals surface area contributed by atoms with E-state index in [4.69, 9.17) is 4.74 Å². The third kappa shape index (κ3) is 3.91. The van der Waals surface area contributed by atoms with E-state index in [1.807, 2.05) is 0 Å². The lowest BCUT2D eigenvalue weighted by molar-refractivity contribution is 0.0301. The summed E-state index contributed by atoms with van der Waals surface area (Å²) in [5.74, 6) is 0. The number of aryl methyl sites for hydroxylation is 1. The Balaban J connectivity index is 1.42. The molecule has 2 fully saturated rings. The summed E-state index contributed by atoms with van der Waals surface area (Å²) in [6.45, 7) is 7.58. The van der Waals surface area contributed by atoms with Crippen LogP contribution in [0.4, 0.5) is 0 Å². The minimum Gasteiger partial charge on any atom is -0.379 e. The number of benzene rings is 1. The van der Waals surface area contributed by atoms with E-state index in [2.05, 4.69) is 51.7 Å². The molecule has 1 aromatic carbocycles. The number of fused-ring (bicyclic) bond motifs is 1. The molecule has 0 radical (unpaired) electrons. The van der Waals surface area contributed by atoms with E-state index >= 15 is 0 Å². The van der Waals surface area contributed by atoms with Gasteiger partial charge in [-0.05, 0) is 49.9 Å². The summed E-state index contributed by atoms with van der Waals surface area (Å²) in [5.41, 5.74) is 2.79. The number of morpholine rings is 1. The summed E-state index contributed by atoms with van der Waals surface area (Å²) in [6, 6.07) is 11.8. The number of hydrogen-bond donors (Lipinski definition) is 0. The van der Waals surface area contributed by atoms with Crippen molar-refractivity contribution in [2.75, 3.05) is 39.4 Å². The van der Waals surface area contributed by atoms with Crippen LogP contribution in [0.25, 0.3) is 10.9 Å². The fraction of sp³-hybridized carbons (Fsp3) is 0.619. The summed E-state index contributed by atoms with van der Waals surface area (Å²) in [4.78, 5) is 5.31. The molecular weight excluding hydrogens is 310 g/mol. The number of hydrogen-bond acceptors (Lipinski definition) is 3. The van der Waals surface area contributed by atoms with Crippen LogP contribution < -0.4 is 0 Å². The van der Waals surface area contributed by atoms with E-state index in [1.165, 1.54) is 55.4 Å². The maximum absolute atomic E-state index is 5.48. The van der Waals surface area contributed by atoms with E-state index in [-0.39, 0.29) is 0 Å². The second kappa shape index (κ2) is 7.90. The average Bonchev–Trinajstić information content (AvgIpc) is 2.98. The molecule has 25 heavy (non-hydrogen) atoms. The molecule has 2 aliphatic heterocycles. The Labute approximate surface area is 151 Å². The van der Waals surface area contributed by atoms with Crippen LogP contribution in [0.15, 0.2) is 30.3 Å². The largest absolute Gasteiger partial charge is 0.379 e. The van der Waals surface area contributed by atoms with Crippen LogP contribution in [0.1, 0.15) is 31.4 Å². The lowest BCUT2D eigenvalue weighted by atomic mass is 9.98. The second-order valence-corrected chi connectivity index (χ2v) is 7.62. The summed E-state index contributed by atoms with van der Waals surface area (Å²) in [6.07, 6.45) is 5.38. The standard InChI is InChI=1S/C21H31N3O/c1-22-20(16-18-6-2-3-8-21(18)22)17-24-10-5-4-7-19(24)9-11-23-12-14-25-15-13-23/h2-3,6,8,16,19H,4-5,7,9-15,17H2,1H3/t19-/m1/s1. The van der Waals surface area contributed by atoms with Crippen molar-refractivity contribution in [1.82, 2.24) is 14.4 Å². The molecule has 3 heterocycles. The van der Waals surface area contributed by atoms with Crippen LogP contribution in [-0.4, -0.2) is 59.8 Å². The zero-order valence-corrected chi connectivity index (χ0v) is 15.5. The number of likely N-dealkylation sites (tertiary alicyclic amines) is 1. The molecular formula is C21H31N3O. The summed E-state index contributed by atoms with van der Waals surface area (Å²) >= 11 is 0. The van der Waals surface area contributed by atoms with Crippen LogP contribution >= 0.6 is 0 Å². The predicted octanol–water partition coefficient (Wildman–Crippen LogP) is 3.26. The minimum absolute atomic E-state index is 0.731. The SMILES string of the molecule is Cn1c(CN2CCCC[C@@H]2CCN2CCOCC2)cc2ccccc21. The number of nitrogens with zero attached hydrogens (tertiary/aromatic N) is 3. The zero-order chi connectivity index (χ0) is 17.1. The lowest BCUT2D eigenvalue weighted by Crippen LogP contribution is -2.43. The first-order valence-corrected chi connectivity index (χ1v) is 9.89. The van der Waals surface area contributed by atoms with Gasteiger partial charge in [-0.25, -0.2) is 0 Å². The molecule has 2 aromatic rings. The number of ether oxygens (including phenoxy) is 1. The average molecular weight is 341 g/mol. The molecule has 0 spiro atoms. The fourth-order valence-electron chi connectivity index (χ4n) is 4.46. The Hall–Kier alpha value is -1.36. The molecule has 4 heteroatoms. The number of aromatic nitrogens is 1. The zero-order valence-electron chi connectivity index (χ0n) is 15.5. The highest BCUT2D eigenvalue weighted by molar-refractivity contribution is 5.81. The van der Waals surface area contributed by atoms with Crippen molar-refractivity contribution < 1.29 is 4.74 Å². The summed E-state index contributed by atoms with van der Waals surface area (Å²) < 4.78 is 7.86. The molecule has 4 rings (SSSR count). The topological polar surface area (TPSA) is 20.6 Å². The molecule has 136 valence electrons. The highest BCUT2D eigenvalue weighted by atomic mass is 16.5. The first-order valence-electron chi connectivity index (χ1n) is 9.89. The fourth-order valence-corrected chi connectivity index (χ4v) is 4.46. The van der Waals surface area contributed by atoms with Gasteiger partial charge in [-0.15, -0.1) is 0 Å². The van der Waals surface area contributed by atoms with Gasteiger partial charge in [0.15, 0.2) is 0 Å². The van der Waals surface area contributed by atoms with E-state index in [1.54, 1.807) is 0 Å². The third-order valence-electron chi connectivity index (χ3n) is 6.05. The molecule has 0 N–H and O–H groups in total. The first-order chi connectivity index (χ1) is 12.3. The second-order valence-electron chi connectivity index (χ2n) is 7.62. The Kier molecular flexibility index (Phi) is 5.39. The van der Waals surface area contributed by atoms with Crippen LogP contribution in [0, 0.1) is 0 Å². The Morgan fingerprint density at radius 3 is 2.76 bits per heavy atom. The van der Waals surface area contributed by atoms with E-state index in [0.717, 1.165) is 38.9 Å². The number of para-hydroxylation sites is 1. The van der Waals surface area contributed by atoms with Crippen molar-refractivity contribution in [2.45, 2.75) is 38.3 Å². The van der Waals surface area contributed by atoms with Gasteiger partial charge in [0.1, 0.15) is 0 Å². The molecule has 1 aromatic heterocycles. The van der Waals surface area contributed by atoms with Gasteiger partial charge in [0, 0.05) is 43.9 Å². The van der Waals surface area contributed by atoms with Crippen LogP contribution in [0.5, 0.6) is 0 Å². The smallest absolute Gasteiger partial charge is 0.0594 e. The Morgan fingerprint density at radius 2 is 1.92 bits per heavy atom. The predicted molar refractivity (Wildman–Crippen MR) is 103 cm³/mol. The normalized spacial score (nSPS) is 23.3. The molecule has 0 unspecified atom stereocenters. The first kappa shape index (κ1) is 17.1. The van der Waals surface area contributed by atoms with Crippen LogP contribution in [-0.2, 0) is 18.3 Å². The highest BCUT2D eigenvalue weighted by Gasteiger charge is 2.24. The molecule has 0 aliphatic carbocycles. The van der Waals surface area contributed by atoms with Gasteiger partial charge in [-0.2, -0.15) is 0 Å². The van der Waals surface area contributed by atoms with Crippen LogP contribution in [0.2, 0.25) is 0 Å². The van der Waals surface area contributed by atoms with Crippen LogP contribution in [0.3, 0.4) is 0 Å². The molecule has 0 bridgehead atoms. The quantitative estimate of drug-likeness (QED) is 0.833. The monoisotopic (exact) mass is 341 g/mol. The molecule has 1 atom stereocenters. The van der Waals surface area contributed by atoms with E-state index < -0.39 is 0 Å². The van der Waals surface area contributed by atoms with Gasteiger partial charge < -0.3 is 9.30 Å². The van der Waals surface area contributed by atoms with Gasteiger partial charge in [-0.1, -0.05) is 24.6 Å². The van der Waals surface area contributed by atoms with Crippen molar-refractivity contribution >= 4 is 10.9 Å². The Bertz CT molecular complexity index is 690. The van der Waals surface area contributed by atoms with E-state index in [0.29, 0.717) is 0 Å². The maximum atomic E-state index is 5.48. The highest BCUT2D eigenvalue weighted by Crippen LogP contribution is 2.25. The Morgan fingerprint density at radius 1 is 1.08 bits per heavy atom. The minimum atomic E-state index is 0.731. The lowest BCUT2D eigenvalue weighted by Gasteiger charge is -2.37. The van der Waals surface area contributed by atoms with Crippen molar-refractivity contribution in [3.8, 4) is 0 Å². The third-order valence-corrected chi connectivity index (χ3v) is 6.05. The van der Waals surface area contributed by atoms with Gasteiger partial charge in [0.25, 0.3) is 0 Å². The maximum Gasteiger partial charge on any atom is 0.0594 e. The van der Waals surface area contributed by atoms with Gasteiger partial charge in [0.2, 0.25) is 0 Å². The number of rotatable bonds is 5. The number of piperidine rings is 1. The summed E-state index contributed by atoms with van der Waals surface area (Å²) in [7, 11) is 2.21. The van der Waals surface area contributed by atoms with Gasteiger partial charge in [0.05, 0.1) is 13.2 Å². The van der Waals surface area contributed by atoms with Crippen molar-refractivity contribution in [3.05, 3.63) is 36.0 Å².